The van der Waals surface area contributed by atoms with Gasteiger partial charge in [-0.3, -0.25) is 4.79 Å². The highest BCUT2D eigenvalue weighted by molar-refractivity contribution is 6.04. The van der Waals surface area contributed by atoms with Gasteiger partial charge in [-0.1, -0.05) is 0 Å². The van der Waals surface area contributed by atoms with Gasteiger partial charge >= 0.3 is 5.97 Å². The predicted octanol–water partition coefficient (Wildman–Crippen LogP) is 2.27. The number of aromatic nitrogens is 2. The van der Waals surface area contributed by atoms with E-state index in [4.69, 9.17) is 4.74 Å². The Morgan fingerprint density at radius 2 is 2.19 bits per heavy atom. The number of aliphatic hydroxyl groups is 1. The van der Waals surface area contributed by atoms with Crippen LogP contribution in [-0.2, 0) is 9.53 Å². The summed E-state index contributed by atoms with van der Waals surface area (Å²) in [7, 11) is 0. The Labute approximate surface area is 156 Å². The Hall–Kier alpha value is -2.41. The van der Waals surface area contributed by atoms with E-state index in [0.717, 1.165) is 31.1 Å². The van der Waals surface area contributed by atoms with Crippen molar-refractivity contribution in [2.75, 3.05) is 11.9 Å². The van der Waals surface area contributed by atoms with Crippen LogP contribution in [-0.4, -0.2) is 45.1 Å². The van der Waals surface area contributed by atoms with Crippen molar-refractivity contribution < 1.29 is 19.4 Å². The molecule has 27 heavy (non-hydrogen) atoms. The standard InChI is InChI=1S/C20H23N3O4/c1-10(24)9-27-19(25)15-8-22-18-13(2-3-21-18)17(15)23-16-12-4-11-5-20(26,6-12)7-14(11)16/h2-3,8,11-12,14,16,26H,4-7,9H2,1H3,(H2,21,22,23)/t11?,12-,14?,16+,20-/m1/s1. The fraction of sp³-hybridized carbons (Fsp3) is 0.550. The minimum atomic E-state index is -0.547. The number of hydrogen-bond donors (Lipinski definition) is 3. The molecule has 7 heteroatoms. The maximum atomic E-state index is 12.6. The first kappa shape index (κ1) is 16.7. The number of nitrogens with zero attached hydrogens (tertiary/aromatic N) is 1. The number of carbonyl (C=O) groups is 2. The molecule has 0 saturated heterocycles. The molecule has 5 atom stereocenters. The van der Waals surface area contributed by atoms with Crippen molar-refractivity contribution in [3.63, 3.8) is 0 Å². The summed E-state index contributed by atoms with van der Waals surface area (Å²) in [6.07, 6.45) is 6.98. The largest absolute Gasteiger partial charge is 0.454 e. The second kappa shape index (κ2) is 5.79. The maximum Gasteiger partial charge on any atom is 0.342 e. The Kier molecular flexibility index (Phi) is 3.59. The van der Waals surface area contributed by atoms with Gasteiger partial charge in [0.15, 0.2) is 5.78 Å². The number of aromatic amines is 1. The highest BCUT2D eigenvalue weighted by Crippen LogP contribution is 2.60. The van der Waals surface area contributed by atoms with Crippen LogP contribution in [0, 0.1) is 17.8 Å². The normalized spacial score (nSPS) is 33.6. The molecule has 2 unspecified atom stereocenters. The number of anilines is 1. The van der Waals surface area contributed by atoms with E-state index in [1.54, 1.807) is 6.20 Å². The van der Waals surface area contributed by atoms with Crippen LogP contribution in [0.15, 0.2) is 18.5 Å². The van der Waals surface area contributed by atoms with Crippen LogP contribution in [0.1, 0.15) is 43.0 Å². The summed E-state index contributed by atoms with van der Waals surface area (Å²) >= 11 is 0. The van der Waals surface area contributed by atoms with E-state index in [1.165, 1.54) is 13.1 Å². The summed E-state index contributed by atoms with van der Waals surface area (Å²) in [6.45, 7) is 1.14. The van der Waals surface area contributed by atoms with Crippen molar-refractivity contribution in [1.82, 2.24) is 9.97 Å². The molecule has 4 aliphatic rings. The van der Waals surface area contributed by atoms with Crippen molar-refractivity contribution in [2.45, 2.75) is 44.2 Å². The molecule has 0 amide bonds. The number of nitrogens with one attached hydrogen (secondary N) is 2. The highest BCUT2D eigenvalue weighted by atomic mass is 16.5. The molecule has 0 spiro atoms. The Morgan fingerprint density at radius 3 is 2.96 bits per heavy atom. The number of H-pyrrole nitrogens is 1. The summed E-state index contributed by atoms with van der Waals surface area (Å²) in [6, 6.07) is 2.13. The molecule has 2 aromatic heterocycles. The maximum absolute atomic E-state index is 12.6. The Balaban J connectivity index is 1.49. The van der Waals surface area contributed by atoms with E-state index in [1.807, 2.05) is 6.07 Å². The third-order valence-electron chi connectivity index (χ3n) is 6.60. The lowest BCUT2D eigenvalue weighted by molar-refractivity contribution is -0.120. The monoisotopic (exact) mass is 369 g/mol. The van der Waals surface area contributed by atoms with Gasteiger partial charge in [0.05, 0.1) is 11.3 Å². The molecule has 142 valence electrons. The van der Waals surface area contributed by atoms with Crippen LogP contribution in [0.2, 0.25) is 0 Å². The van der Waals surface area contributed by atoms with Crippen molar-refractivity contribution in [3.8, 4) is 0 Å². The molecule has 2 aromatic rings. The van der Waals surface area contributed by atoms with Gasteiger partial charge in [0.1, 0.15) is 17.8 Å². The zero-order chi connectivity index (χ0) is 18.8. The zero-order valence-electron chi connectivity index (χ0n) is 15.2. The summed E-state index contributed by atoms with van der Waals surface area (Å²) < 4.78 is 5.14. The molecule has 4 saturated carbocycles. The Morgan fingerprint density at radius 1 is 1.37 bits per heavy atom. The number of hydrogen-bond acceptors (Lipinski definition) is 6. The van der Waals surface area contributed by atoms with E-state index in [0.29, 0.717) is 34.7 Å². The molecule has 7 nitrogen and oxygen atoms in total. The number of fused-ring (bicyclic) bond motifs is 1. The summed E-state index contributed by atoms with van der Waals surface area (Å²) in [5.41, 5.74) is 1.27. The second-order valence-electron chi connectivity index (χ2n) is 8.49. The van der Waals surface area contributed by atoms with Gasteiger partial charge in [-0.2, -0.15) is 0 Å². The number of pyridine rings is 1. The van der Waals surface area contributed by atoms with E-state index < -0.39 is 11.6 Å². The van der Waals surface area contributed by atoms with Crippen molar-refractivity contribution in [2.24, 2.45) is 17.8 Å². The van der Waals surface area contributed by atoms with Gasteiger partial charge in [-0.25, -0.2) is 9.78 Å². The van der Waals surface area contributed by atoms with Gasteiger partial charge in [-0.05, 0) is 56.4 Å². The second-order valence-corrected chi connectivity index (χ2v) is 8.49. The minimum Gasteiger partial charge on any atom is -0.454 e. The molecule has 4 fully saturated rings. The van der Waals surface area contributed by atoms with Crippen molar-refractivity contribution in [3.05, 3.63) is 24.0 Å². The number of esters is 1. The molecule has 3 N–H and O–H groups in total. The molecule has 0 aromatic carbocycles. The van der Waals surface area contributed by atoms with Crippen LogP contribution >= 0.6 is 0 Å². The zero-order valence-corrected chi connectivity index (χ0v) is 15.2. The van der Waals surface area contributed by atoms with Crippen LogP contribution in [0.5, 0.6) is 0 Å². The van der Waals surface area contributed by atoms with Crippen LogP contribution < -0.4 is 5.32 Å². The van der Waals surface area contributed by atoms with E-state index in [9.17, 15) is 14.7 Å². The first-order valence-electron chi connectivity index (χ1n) is 9.55. The highest BCUT2D eigenvalue weighted by Gasteiger charge is 2.60. The third kappa shape index (κ3) is 2.64. The summed E-state index contributed by atoms with van der Waals surface area (Å²) in [4.78, 5) is 31.1. The molecular weight excluding hydrogens is 346 g/mol. The number of rotatable bonds is 5. The Bertz CT molecular complexity index is 934. The number of carbonyl (C=O) groups excluding carboxylic acids is 2. The molecule has 4 bridgehead atoms. The average molecular weight is 369 g/mol. The molecule has 2 heterocycles. The van der Waals surface area contributed by atoms with E-state index >= 15 is 0 Å². The number of ether oxygens (including phenoxy) is 1. The van der Waals surface area contributed by atoms with Crippen LogP contribution in [0.3, 0.4) is 0 Å². The first-order chi connectivity index (χ1) is 12.9. The molecule has 4 aliphatic carbocycles. The van der Waals surface area contributed by atoms with Crippen molar-refractivity contribution in [1.29, 1.82) is 0 Å². The lowest BCUT2D eigenvalue weighted by Gasteiger charge is -2.39. The number of Topliss-reactive ketones (excluding diaryl/α,β-unsaturated/α-hetero) is 1. The molecule has 0 aliphatic heterocycles. The van der Waals surface area contributed by atoms with E-state index in [-0.39, 0.29) is 18.4 Å². The fourth-order valence-electron chi connectivity index (χ4n) is 5.71. The molecule has 0 radical (unpaired) electrons. The topological polar surface area (TPSA) is 104 Å². The van der Waals surface area contributed by atoms with Gasteiger partial charge < -0.3 is 20.1 Å². The van der Waals surface area contributed by atoms with Crippen LogP contribution in [0.4, 0.5) is 5.69 Å². The van der Waals surface area contributed by atoms with E-state index in [2.05, 4.69) is 15.3 Å². The average Bonchev–Trinajstić information content (AvgIpc) is 3.24. The van der Waals surface area contributed by atoms with Gasteiger partial charge in [-0.15, -0.1) is 0 Å². The first-order valence-corrected chi connectivity index (χ1v) is 9.55. The molecular formula is C20H23N3O4. The molecule has 6 rings (SSSR count). The summed E-state index contributed by atoms with van der Waals surface area (Å²) in [5.74, 6) is 0.650. The third-order valence-corrected chi connectivity index (χ3v) is 6.60. The lowest BCUT2D eigenvalue weighted by atomic mass is 9.76. The van der Waals surface area contributed by atoms with Crippen molar-refractivity contribution >= 4 is 28.5 Å². The summed E-state index contributed by atoms with van der Waals surface area (Å²) in [5, 5.41) is 15.1. The fourth-order valence-corrected chi connectivity index (χ4v) is 5.71. The van der Waals surface area contributed by atoms with Gasteiger partial charge in [0.2, 0.25) is 0 Å². The predicted molar refractivity (Wildman–Crippen MR) is 98.4 cm³/mol. The SMILES string of the molecule is CC(=O)COC(=O)c1cnc2[nH]ccc2c1N[C@@H]1C2C[C@@]3(O)CC2C[C@@H]1C3. The number of ketones is 1. The quantitative estimate of drug-likeness (QED) is 0.699. The van der Waals surface area contributed by atoms with Crippen LogP contribution in [0.25, 0.3) is 11.0 Å². The lowest BCUT2D eigenvalue weighted by Crippen LogP contribution is -2.43. The van der Waals surface area contributed by atoms with Gasteiger partial charge in [0.25, 0.3) is 0 Å². The smallest absolute Gasteiger partial charge is 0.342 e. The minimum absolute atomic E-state index is 0.202. The van der Waals surface area contributed by atoms with Gasteiger partial charge in [0, 0.05) is 23.8 Å².